The fourth-order valence-electron chi connectivity index (χ4n) is 2.36. The van der Waals surface area contributed by atoms with Gasteiger partial charge in [0.25, 0.3) is 0 Å². The number of allylic oxidation sites excluding steroid dienone is 8. The van der Waals surface area contributed by atoms with Crippen LogP contribution in [0.25, 0.3) is 0 Å². The first-order valence-electron chi connectivity index (χ1n) is 10.3. The number of rotatable bonds is 17. The molecule has 0 heterocycles. The maximum Gasteiger partial charge on any atom is 0.0581 e. The van der Waals surface area contributed by atoms with Crippen molar-refractivity contribution in [1.82, 2.24) is 5.32 Å². The van der Waals surface area contributed by atoms with E-state index in [9.17, 15) is 0 Å². The summed E-state index contributed by atoms with van der Waals surface area (Å²) in [5, 5.41) is 12.2. The molecule has 0 aromatic heterocycles. The van der Waals surface area contributed by atoms with Crippen molar-refractivity contribution in [1.29, 1.82) is 0 Å². The van der Waals surface area contributed by atoms with E-state index in [1.807, 2.05) is 6.92 Å². The molecule has 0 aliphatic rings. The minimum Gasteiger partial charge on any atom is -0.395 e. The summed E-state index contributed by atoms with van der Waals surface area (Å²) in [5.41, 5.74) is 0. The van der Waals surface area contributed by atoms with Crippen LogP contribution in [0.3, 0.4) is 0 Å². The molecule has 0 aromatic rings. The Morgan fingerprint density at radius 3 is 1.68 bits per heavy atom. The van der Waals surface area contributed by atoms with Crippen LogP contribution in [0.5, 0.6) is 0 Å². The van der Waals surface area contributed by atoms with Gasteiger partial charge in [0.1, 0.15) is 0 Å². The summed E-state index contributed by atoms with van der Waals surface area (Å²) in [6.07, 6.45) is 30.0. The Morgan fingerprint density at radius 2 is 1.20 bits per heavy atom. The Labute approximate surface area is 156 Å². The number of hydrogen-bond acceptors (Lipinski definition) is 2. The lowest BCUT2D eigenvalue weighted by Crippen LogP contribution is -2.29. The molecule has 0 aliphatic heterocycles. The molecule has 0 radical (unpaired) electrons. The van der Waals surface area contributed by atoms with Crippen LogP contribution in [0.4, 0.5) is 0 Å². The Kier molecular flexibility index (Phi) is 20.0. The van der Waals surface area contributed by atoms with Crippen LogP contribution in [-0.4, -0.2) is 24.3 Å². The number of aliphatic hydroxyl groups excluding tert-OH is 1. The fourth-order valence-corrected chi connectivity index (χ4v) is 2.36. The molecular formula is C23H41NO. The third-order valence-corrected chi connectivity index (χ3v) is 4.02. The van der Waals surface area contributed by atoms with Gasteiger partial charge >= 0.3 is 0 Å². The highest BCUT2D eigenvalue weighted by atomic mass is 16.3. The zero-order valence-corrected chi connectivity index (χ0v) is 16.6. The van der Waals surface area contributed by atoms with Gasteiger partial charge < -0.3 is 10.4 Å². The first-order valence-corrected chi connectivity index (χ1v) is 10.3. The molecule has 25 heavy (non-hydrogen) atoms. The number of nitrogens with one attached hydrogen (secondary N) is 1. The van der Waals surface area contributed by atoms with Crippen molar-refractivity contribution in [3.05, 3.63) is 48.6 Å². The summed E-state index contributed by atoms with van der Waals surface area (Å²) < 4.78 is 0. The monoisotopic (exact) mass is 347 g/mol. The van der Waals surface area contributed by atoms with Crippen LogP contribution in [0.1, 0.15) is 78.1 Å². The molecule has 2 N–H and O–H groups in total. The number of hydrogen-bond donors (Lipinski definition) is 2. The molecule has 144 valence electrons. The summed E-state index contributed by atoms with van der Waals surface area (Å²) >= 11 is 0. The van der Waals surface area contributed by atoms with E-state index >= 15 is 0 Å². The lowest BCUT2D eigenvalue weighted by Gasteiger charge is -2.09. The van der Waals surface area contributed by atoms with Gasteiger partial charge in [-0.3, -0.25) is 0 Å². The topological polar surface area (TPSA) is 32.3 Å². The van der Waals surface area contributed by atoms with Gasteiger partial charge in [-0.05, 0) is 64.8 Å². The second-order valence-corrected chi connectivity index (χ2v) is 6.62. The van der Waals surface area contributed by atoms with Gasteiger partial charge in [-0.15, -0.1) is 0 Å². The molecule has 0 rings (SSSR count). The minimum atomic E-state index is 0.219. The Balaban J connectivity index is 3.37. The van der Waals surface area contributed by atoms with E-state index in [1.54, 1.807) is 0 Å². The molecule has 1 atom stereocenters. The zero-order valence-electron chi connectivity index (χ0n) is 16.6. The van der Waals surface area contributed by atoms with Gasteiger partial charge in [-0.2, -0.15) is 0 Å². The second kappa shape index (κ2) is 20.9. The molecule has 0 saturated carbocycles. The first kappa shape index (κ1) is 23.9. The Hall–Kier alpha value is -1.12. The van der Waals surface area contributed by atoms with Crippen molar-refractivity contribution < 1.29 is 5.11 Å². The highest BCUT2D eigenvalue weighted by molar-refractivity contribution is 4.99. The SMILES string of the molecule is CCCCC/C=C\C/C=C\C/C=C\C/C=C\CCCCN[C@H](C)CO. The standard InChI is InChI=1S/C23H41NO/c1-3-4-5-6-7-8-9-10-11-12-13-14-15-16-17-18-19-20-21-24-23(2)22-25/h7-8,10-11,13-14,16-17,23-25H,3-6,9,12,15,18-22H2,1-2H3/b8-7-,11-10-,14-13-,17-16-/t23-/m1/s1. The molecule has 0 bridgehead atoms. The van der Waals surface area contributed by atoms with Crippen LogP contribution in [0.2, 0.25) is 0 Å². The van der Waals surface area contributed by atoms with Crippen molar-refractivity contribution in [2.45, 2.75) is 84.1 Å². The Bertz CT molecular complexity index is 368. The lowest BCUT2D eigenvalue weighted by atomic mass is 10.2. The molecular weight excluding hydrogens is 306 g/mol. The van der Waals surface area contributed by atoms with Crippen molar-refractivity contribution in [3.8, 4) is 0 Å². The average Bonchev–Trinajstić information content (AvgIpc) is 2.63. The maximum atomic E-state index is 8.90. The lowest BCUT2D eigenvalue weighted by molar-refractivity contribution is 0.251. The van der Waals surface area contributed by atoms with E-state index in [1.165, 1.54) is 38.5 Å². The van der Waals surface area contributed by atoms with E-state index in [4.69, 9.17) is 5.11 Å². The highest BCUT2D eigenvalue weighted by Crippen LogP contribution is 2.01. The molecule has 0 fully saturated rings. The van der Waals surface area contributed by atoms with E-state index < -0.39 is 0 Å². The molecule has 0 aromatic carbocycles. The van der Waals surface area contributed by atoms with Crippen LogP contribution < -0.4 is 5.32 Å². The molecule has 0 unspecified atom stereocenters. The summed E-state index contributed by atoms with van der Waals surface area (Å²) in [5.74, 6) is 0. The Morgan fingerprint density at radius 1 is 0.720 bits per heavy atom. The van der Waals surface area contributed by atoms with Gasteiger partial charge in [0.2, 0.25) is 0 Å². The van der Waals surface area contributed by atoms with Crippen LogP contribution >= 0.6 is 0 Å². The smallest absolute Gasteiger partial charge is 0.0581 e. The number of aliphatic hydroxyl groups is 1. The normalized spacial score (nSPS) is 13.9. The van der Waals surface area contributed by atoms with Crippen LogP contribution in [0.15, 0.2) is 48.6 Å². The minimum absolute atomic E-state index is 0.219. The van der Waals surface area contributed by atoms with Crippen molar-refractivity contribution in [2.75, 3.05) is 13.2 Å². The molecule has 0 spiro atoms. The zero-order chi connectivity index (χ0) is 18.4. The first-order chi connectivity index (χ1) is 12.3. The highest BCUT2D eigenvalue weighted by Gasteiger charge is 1.95. The fraction of sp³-hybridized carbons (Fsp3) is 0.652. The number of unbranched alkanes of at least 4 members (excludes halogenated alkanes) is 5. The third kappa shape index (κ3) is 20.8. The van der Waals surface area contributed by atoms with Gasteiger partial charge in [0.05, 0.1) is 6.61 Å². The van der Waals surface area contributed by atoms with Crippen molar-refractivity contribution in [2.24, 2.45) is 0 Å². The van der Waals surface area contributed by atoms with Crippen LogP contribution in [0, 0.1) is 0 Å². The van der Waals surface area contributed by atoms with Crippen LogP contribution in [-0.2, 0) is 0 Å². The largest absolute Gasteiger partial charge is 0.395 e. The predicted octanol–water partition coefficient (Wildman–Crippen LogP) is 6.10. The summed E-state index contributed by atoms with van der Waals surface area (Å²) in [6, 6.07) is 0.219. The van der Waals surface area contributed by atoms with Crippen molar-refractivity contribution >= 4 is 0 Å². The molecule has 2 heteroatoms. The molecule has 0 amide bonds. The maximum absolute atomic E-state index is 8.90. The molecule has 0 saturated heterocycles. The predicted molar refractivity (Wildman–Crippen MR) is 113 cm³/mol. The molecule has 0 aliphatic carbocycles. The summed E-state index contributed by atoms with van der Waals surface area (Å²) in [7, 11) is 0. The van der Waals surface area contributed by atoms with E-state index in [-0.39, 0.29) is 12.6 Å². The summed E-state index contributed by atoms with van der Waals surface area (Å²) in [6.45, 7) is 5.47. The van der Waals surface area contributed by atoms with Gasteiger partial charge in [-0.1, -0.05) is 68.4 Å². The van der Waals surface area contributed by atoms with E-state index in [0.29, 0.717) is 0 Å². The summed E-state index contributed by atoms with van der Waals surface area (Å²) in [4.78, 5) is 0. The third-order valence-electron chi connectivity index (χ3n) is 4.02. The van der Waals surface area contributed by atoms with E-state index in [2.05, 4.69) is 60.8 Å². The van der Waals surface area contributed by atoms with E-state index in [0.717, 1.165) is 32.2 Å². The quantitative estimate of drug-likeness (QED) is 0.246. The second-order valence-electron chi connectivity index (χ2n) is 6.62. The van der Waals surface area contributed by atoms with Gasteiger partial charge in [0, 0.05) is 6.04 Å². The average molecular weight is 348 g/mol. The van der Waals surface area contributed by atoms with Gasteiger partial charge in [-0.25, -0.2) is 0 Å². The molecule has 2 nitrogen and oxygen atoms in total. The van der Waals surface area contributed by atoms with Crippen molar-refractivity contribution in [3.63, 3.8) is 0 Å². The van der Waals surface area contributed by atoms with Gasteiger partial charge in [0.15, 0.2) is 0 Å².